The van der Waals surface area contributed by atoms with Gasteiger partial charge in [-0.25, -0.2) is 4.79 Å². The number of rotatable bonds is 4. The number of hydrogen-bond acceptors (Lipinski definition) is 4. The molecule has 100 valence electrons. The predicted molar refractivity (Wildman–Crippen MR) is 69.6 cm³/mol. The van der Waals surface area contributed by atoms with E-state index in [0.717, 1.165) is 5.56 Å². The van der Waals surface area contributed by atoms with Crippen molar-refractivity contribution in [3.05, 3.63) is 29.3 Å². The normalized spacial score (nSPS) is 9.00. The van der Waals surface area contributed by atoms with E-state index >= 15 is 0 Å². The summed E-state index contributed by atoms with van der Waals surface area (Å²) in [6.45, 7) is 1.86. The van der Waals surface area contributed by atoms with Gasteiger partial charge in [-0.05, 0) is 30.5 Å². The van der Waals surface area contributed by atoms with Gasteiger partial charge in [-0.1, -0.05) is 12.0 Å². The summed E-state index contributed by atoms with van der Waals surface area (Å²) in [5.41, 5.74) is 1.07. The van der Waals surface area contributed by atoms with E-state index in [9.17, 15) is 9.59 Å². The lowest BCUT2D eigenvalue weighted by atomic mass is 10.1. The Kier molecular flexibility index (Phi) is 5.42. The van der Waals surface area contributed by atoms with Crippen molar-refractivity contribution >= 4 is 11.9 Å². The molecule has 19 heavy (non-hydrogen) atoms. The first-order valence-corrected chi connectivity index (χ1v) is 5.58. The molecule has 1 rings (SSSR count). The van der Waals surface area contributed by atoms with Gasteiger partial charge in [-0.3, -0.25) is 4.79 Å². The maximum absolute atomic E-state index is 11.6. The number of benzene rings is 1. The summed E-state index contributed by atoms with van der Waals surface area (Å²) in [4.78, 5) is 22.8. The standard InChI is InChI=1S/C14H15NO4/c1-4-5-13(16)15-9-10-6-7-12(18-2)11(8-10)14(17)19-3/h6-8H,9H2,1-3H3,(H,15,16). The van der Waals surface area contributed by atoms with Crippen LogP contribution in [-0.4, -0.2) is 26.1 Å². The molecule has 0 bridgehead atoms. The Morgan fingerprint density at radius 1 is 1.32 bits per heavy atom. The van der Waals surface area contributed by atoms with Crippen LogP contribution in [0.15, 0.2) is 18.2 Å². The van der Waals surface area contributed by atoms with Gasteiger partial charge in [0.05, 0.1) is 14.2 Å². The lowest BCUT2D eigenvalue weighted by Crippen LogP contribution is -2.21. The molecule has 0 spiro atoms. The molecule has 0 heterocycles. The van der Waals surface area contributed by atoms with Crippen LogP contribution in [0.3, 0.4) is 0 Å². The van der Waals surface area contributed by atoms with E-state index in [-0.39, 0.29) is 12.5 Å². The molecular formula is C14H15NO4. The Morgan fingerprint density at radius 2 is 2.05 bits per heavy atom. The molecule has 0 atom stereocenters. The number of hydrogen-bond donors (Lipinski definition) is 1. The van der Waals surface area contributed by atoms with Crippen molar-refractivity contribution in [2.24, 2.45) is 0 Å². The molecule has 1 amide bonds. The monoisotopic (exact) mass is 261 g/mol. The Bertz CT molecular complexity index is 540. The summed E-state index contributed by atoms with van der Waals surface area (Å²) in [5.74, 6) is 4.45. The summed E-state index contributed by atoms with van der Waals surface area (Å²) in [6.07, 6.45) is 0. The lowest BCUT2D eigenvalue weighted by Gasteiger charge is -2.09. The Balaban J connectivity index is 2.88. The number of carbonyl (C=O) groups excluding carboxylic acids is 2. The van der Waals surface area contributed by atoms with E-state index in [1.165, 1.54) is 14.2 Å². The van der Waals surface area contributed by atoms with Crippen LogP contribution < -0.4 is 10.1 Å². The highest BCUT2D eigenvalue weighted by molar-refractivity contribution is 5.94. The maximum atomic E-state index is 11.6. The molecular weight excluding hydrogens is 246 g/mol. The second-order valence-corrected chi connectivity index (χ2v) is 3.58. The van der Waals surface area contributed by atoms with Crippen molar-refractivity contribution in [3.63, 3.8) is 0 Å². The fraction of sp³-hybridized carbons (Fsp3) is 0.286. The van der Waals surface area contributed by atoms with Crippen molar-refractivity contribution in [1.82, 2.24) is 5.32 Å². The van der Waals surface area contributed by atoms with Crippen molar-refractivity contribution < 1.29 is 19.1 Å². The van der Waals surface area contributed by atoms with Crippen LogP contribution in [0.4, 0.5) is 0 Å². The number of ether oxygens (including phenoxy) is 2. The second-order valence-electron chi connectivity index (χ2n) is 3.58. The van der Waals surface area contributed by atoms with Crippen molar-refractivity contribution in [2.45, 2.75) is 13.5 Å². The molecule has 0 radical (unpaired) electrons. The molecule has 0 aliphatic carbocycles. The highest BCUT2D eigenvalue weighted by atomic mass is 16.5. The average Bonchev–Trinajstić information content (AvgIpc) is 2.44. The summed E-state index contributed by atoms with van der Waals surface area (Å²) >= 11 is 0. The van der Waals surface area contributed by atoms with Gasteiger partial charge in [0, 0.05) is 6.54 Å². The molecule has 1 N–H and O–H groups in total. The van der Waals surface area contributed by atoms with Gasteiger partial charge in [0.25, 0.3) is 5.91 Å². The first kappa shape index (κ1) is 14.6. The third-order valence-corrected chi connectivity index (χ3v) is 2.36. The van der Waals surface area contributed by atoms with Crippen LogP contribution in [-0.2, 0) is 16.1 Å². The van der Waals surface area contributed by atoms with Crippen molar-refractivity contribution in [2.75, 3.05) is 14.2 Å². The smallest absolute Gasteiger partial charge is 0.341 e. The Hall–Kier alpha value is -2.48. The van der Waals surface area contributed by atoms with Gasteiger partial charge >= 0.3 is 5.97 Å². The summed E-state index contributed by atoms with van der Waals surface area (Å²) < 4.78 is 9.75. The van der Waals surface area contributed by atoms with Gasteiger partial charge in [-0.2, -0.15) is 0 Å². The molecule has 1 aromatic rings. The summed E-state index contributed by atoms with van der Waals surface area (Å²) in [7, 11) is 2.77. The molecule has 0 fully saturated rings. The minimum atomic E-state index is -0.488. The van der Waals surface area contributed by atoms with Crippen molar-refractivity contribution in [1.29, 1.82) is 0 Å². The highest BCUT2D eigenvalue weighted by Gasteiger charge is 2.13. The highest BCUT2D eigenvalue weighted by Crippen LogP contribution is 2.20. The van der Waals surface area contributed by atoms with E-state index < -0.39 is 5.97 Å². The van der Waals surface area contributed by atoms with Crippen LogP contribution in [0.1, 0.15) is 22.8 Å². The van der Waals surface area contributed by atoms with E-state index in [1.807, 2.05) is 0 Å². The molecule has 5 heteroatoms. The number of carbonyl (C=O) groups is 2. The molecule has 0 saturated heterocycles. The minimum absolute atomic E-state index is 0.279. The zero-order valence-electron chi connectivity index (χ0n) is 11.1. The average molecular weight is 261 g/mol. The van der Waals surface area contributed by atoms with E-state index in [0.29, 0.717) is 11.3 Å². The fourth-order valence-corrected chi connectivity index (χ4v) is 1.47. The van der Waals surface area contributed by atoms with Crippen LogP contribution >= 0.6 is 0 Å². The first-order chi connectivity index (χ1) is 9.12. The lowest BCUT2D eigenvalue weighted by molar-refractivity contribution is -0.115. The molecule has 0 saturated carbocycles. The molecule has 0 aromatic heterocycles. The van der Waals surface area contributed by atoms with E-state index in [1.54, 1.807) is 25.1 Å². The molecule has 0 aliphatic heterocycles. The minimum Gasteiger partial charge on any atom is -0.496 e. The van der Waals surface area contributed by atoms with Gasteiger partial charge in [0.2, 0.25) is 0 Å². The Morgan fingerprint density at radius 3 is 2.63 bits per heavy atom. The zero-order valence-corrected chi connectivity index (χ0v) is 11.1. The fourth-order valence-electron chi connectivity index (χ4n) is 1.47. The molecule has 0 aliphatic rings. The number of esters is 1. The predicted octanol–water partition coefficient (Wildman–Crippen LogP) is 1.12. The third-order valence-electron chi connectivity index (χ3n) is 2.36. The van der Waals surface area contributed by atoms with E-state index in [2.05, 4.69) is 21.9 Å². The van der Waals surface area contributed by atoms with Crippen molar-refractivity contribution in [3.8, 4) is 17.6 Å². The summed E-state index contributed by atoms with van der Waals surface area (Å²) in [6, 6.07) is 5.02. The van der Waals surface area contributed by atoms with Gasteiger partial charge in [-0.15, -0.1) is 0 Å². The van der Waals surface area contributed by atoms with Crippen LogP contribution in [0, 0.1) is 11.8 Å². The third kappa shape index (κ3) is 4.03. The number of amides is 1. The zero-order chi connectivity index (χ0) is 14.3. The Labute approximate surface area is 111 Å². The summed E-state index contributed by atoms with van der Waals surface area (Å²) in [5, 5.41) is 2.62. The van der Waals surface area contributed by atoms with Crippen LogP contribution in [0.2, 0.25) is 0 Å². The van der Waals surface area contributed by atoms with Crippen LogP contribution in [0.5, 0.6) is 5.75 Å². The molecule has 0 unspecified atom stereocenters. The van der Waals surface area contributed by atoms with Gasteiger partial charge < -0.3 is 14.8 Å². The largest absolute Gasteiger partial charge is 0.496 e. The SMILES string of the molecule is CC#CC(=O)NCc1ccc(OC)c(C(=O)OC)c1. The number of nitrogens with one attached hydrogen (secondary N) is 1. The molecule has 5 nitrogen and oxygen atoms in total. The maximum Gasteiger partial charge on any atom is 0.341 e. The van der Waals surface area contributed by atoms with Gasteiger partial charge in [0.1, 0.15) is 11.3 Å². The second kappa shape index (κ2) is 7.07. The van der Waals surface area contributed by atoms with Crippen LogP contribution in [0.25, 0.3) is 0 Å². The first-order valence-electron chi connectivity index (χ1n) is 5.58. The van der Waals surface area contributed by atoms with E-state index in [4.69, 9.17) is 4.74 Å². The topological polar surface area (TPSA) is 64.6 Å². The molecule has 1 aromatic carbocycles. The quantitative estimate of drug-likeness (QED) is 0.651. The van der Waals surface area contributed by atoms with Gasteiger partial charge in [0.15, 0.2) is 0 Å². The number of methoxy groups -OCH3 is 2.